The molecule has 0 fully saturated rings. The van der Waals surface area contributed by atoms with Crippen LogP contribution in [0.3, 0.4) is 0 Å². The lowest BCUT2D eigenvalue weighted by atomic mass is 9.98. The number of fused-ring (bicyclic) bond motifs is 10. The third-order valence-electron chi connectivity index (χ3n) is 12.6. The predicted octanol–water partition coefficient (Wildman–Crippen LogP) is 16.5. The number of hydrogen-bond acceptors (Lipinski definition) is 3. The SMILES string of the molecule is c1cc(N(c2ccc(-c3ccc4c(c3)oc3ccccc34)cc2)c2ccccc2-c2cccc3c2oc2cc4ccccc4cc23)cc(-n2c3ccccc3c3ccccc32)c1. The van der Waals surface area contributed by atoms with E-state index in [1.165, 1.54) is 27.2 Å². The van der Waals surface area contributed by atoms with Crippen molar-refractivity contribution < 1.29 is 8.83 Å². The molecule has 0 radical (unpaired) electrons. The van der Waals surface area contributed by atoms with Gasteiger partial charge in [0.2, 0.25) is 0 Å². The van der Waals surface area contributed by atoms with Crippen LogP contribution in [0.4, 0.5) is 17.1 Å². The number of anilines is 3. The molecule has 0 spiro atoms. The molecule has 62 heavy (non-hydrogen) atoms. The van der Waals surface area contributed by atoms with Gasteiger partial charge in [-0.3, -0.25) is 0 Å². The second-order valence-electron chi connectivity index (χ2n) is 16.1. The van der Waals surface area contributed by atoms with Gasteiger partial charge in [0.05, 0.1) is 16.7 Å². The summed E-state index contributed by atoms with van der Waals surface area (Å²) in [5.41, 5.74) is 14.4. The van der Waals surface area contributed by atoms with Gasteiger partial charge in [0.15, 0.2) is 0 Å². The average molecular weight is 793 g/mol. The monoisotopic (exact) mass is 792 g/mol. The minimum atomic E-state index is 0.876. The molecule has 4 nitrogen and oxygen atoms in total. The normalized spacial score (nSPS) is 11.9. The van der Waals surface area contributed by atoms with Crippen LogP contribution < -0.4 is 4.90 Å². The van der Waals surface area contributed by atoms with Gasteiger partial charge in [0.25, 0.3) is 0 Å². The summed E-state index contributed by atoms with van der Waals surface area (Å²) in [7, 11) is 0. The highest BCUT2D eigenvalue weighted by atomic mass is 16.3. The Hall–Kier alpha value is -8.34. The van der Waals surface area contributed by atoms with Crippen molar-refractivity contribution >= 4 is 93.5 Å². The summed E-state index contributed by atoms with van der Waals surface area (Å²) >= 11 is 0. The van der Waals surface area contributed by atoms with Crippen molar-refractivity contribution in [3.05, 3.63) is 218 Å². The molecule has 0 aliphatic rings. The zero-order valence-electron chi connectivity index (χ0n) is 33.5. The largest absolute Gasteiger partial charge is 0.456 e. The number of benzene rings is 10. The highest BCUT2D eigenvalue weighted by Crippen LogP contribution is 2.46. The van der Waals surface area contributed by atoms with Crippen molar-refractivity contribution in [1.29, 1.82) is 0 Å². The zero-order valence-corrected chi connectivity index (χ0v) is 33.5. The molecule has 0 aliphatic carbocycles. The van der Waals surface area contributed by atoms with E-state index in [1.807, 2.05) is 12.1 Å². The van der Waals surface area contributed by atoms with Gasteiger partial charge in [0.1, 0.15) is 22.3 Å². The van der Waals surface area contributed by atoms with Crippen molar-refractivity contribution in [1.82, 2.24) is 4.57 Å². The predicted molar refractivity (Wildman–Crippen MR) is 258 cm³/mol. The molecule has 0 atom stereocenters. The lowest BCUT2D eigenvalue weighted by Crippen LogP contribution is -2.12. The molecular weight excluding hydrogens is 757 g/mol. The second-order valence-corrected chi connectivity index (χ2v) is 16.1. The first-order chi connectivity index (χ1) is 30.7. The lowest BCUT2D eigenvalue weighted by Gasteiger charge is -2.28. The van der Waals surface area contributed by atoms with Gasteiger partial charge >= 0.3 is 0 Å². The maximum Gasteiger partial charge on any atom is 0.143 e. The van der Waals surface area contributed by atoms with Crippen LogP contribution >= 0.6 is 0 Å². The highest BCUT2D eigenvalue weighted by molar-refractivity contribution is 6.14. The van der Waals surface area contributed by atoms with E-state index >= 15 is 0 Å². The molecule has 0 aliphatic heterocycles. The van der Waals surface area contributed by atoms with Crippen molar-refractivity contribution in [3.63, 3.8) is 0 Å². The fraction of sp³-hybridized carbons (Fsp3) is 0. The molecule has 0 bridgehead atoms. The first kappa shape index (κ1) is 34.5. The van der Waals surface area contributed by atoms with Crippen LogP contribution in [0.5, 0.6) is 0 Å². The summed E-state index contributed by atoms with van der Waals surface area (Å²) < 4.78 is 15.5. The Kier molecular flexibility index (Phi) is 7.57. The first-order valence-electron chi connectivity index (χ1n) is 21.1. The van der Waals surface area contributed by atoms with E-state index in [-0.39, 0.29) is 0 Å². The summed E-state index contributed by atoms with van der Waals surface area (Å²) in [6.45, 7) is 0. The van der Waals surface area contributed by atoms with E-state index in [2.05, 4.69) is 216 Å². The Morgan fingerprint density at radius 2 is 0.952 bits per heavy atom. The number of furan rings is 2. The van der Waals surface area contributed by atoms with E-state index in [1.54, 1.807) is 0 Å². The van der Waals surface area contributed by atoms with Gasteiger partial charge in [-0.25, -0.2) is 0 Å². The maximum atomic E-state index is 6.83. The second kappa shape index (κ2) is 13.6. The van der Waals surface area contributed by atoms with E-state index in [0.29, 0.717) is 0 Å². The minimum absolute atomic E-state index is 0.876. The van der Waals surface area contributed by atoms with Crippen molar-refractivity contribution in [3.8, 4) is 27.9 Å². The molecule has 4 heteroatoms. The van der Waals surface area contributed by atoms with Gasteiger partial charge in [-0.05, 0) is 101 Å². The Labute approximate surface area is 356 Å². The third kappa shape index (κ3) is 5.33. The van der Waals surface area contributed by atoms with E-state index in [0.717, 1.165) is 94.3 Å². The highest BCUT2D eigenvalue weighted by Gasteiger charge is 2.22. The van der Waals surface area contributed by atoms with Gasteiger partial charge in [-0.2, -0.15) is 0 Å². The van der Waals surface area contributed by atoms with Crippen LogP contribution in [0.15, 0.2) is 227 Å². The van der Waals surface area contributed by atoms with Gasteiger partial charge < -0.3 is 18.3 Å². The number of hydrogen-bond donors (Lipinski definition) is 0. The summed E-state index contributed by atoms with van der Waals surface area (Å²) in [5, 5.41) is 9.31. The van der Waals surface area contributed by atoms with Crippen LogP contribution in [0.25, 0.3) is 104 Å². The Balaban J connectivity index is 1.00. The van der Waals surface area contributed by atoms with Crippen molar-refractivity contribution in [2.24, 2.45) is 0 Å². The van der Waals surface area contributed by atoms with Crippen molar-refractivity contribution in [2.45, 2.75) is 0 Å². The number of nitrogens with zero attached hydrogens (tertiary/aromatic N) is 2. The zero-order chi connectivity index (χ0) is 40.7. The fourth-order valence-electron chi connectivity index (χ4n) is 9.70. The molecule has 10 aromatic carbocycles. The van der Waals surface area contributed by atoms with E-state index in [4.69, 9.17) is 8.83 Å². The number of para-hydroxylation sites is 5. The molecule has 0 saturated carbocycles. The van der Waals surface area contributed by atoms with Gasteiger partial charge in [-0.1, -0.05) is 140 Å². The summed E-state index contributed by atoms with van der Waals surface area (Å²) in [6, 6.07) is 78.0. The van der Waals surface area contributed by atoms with Crippen LogP contribution in [0.2, 0.25) is 0 Å². The molecule has 3 heterocycles. The summed E-state index contributed by atoms with van der Waals surface area (Å²) in [5.74, 6) is 0. The van der Waals surface area contributed by atoms with Crippen LogP contribution in [-0.4, -0.2) is 4.57 Å². The fourth-order valence-corrected chi connectivity index (χ4v) is 9.70. The molecule has 0 saturated heterocycles. The molecule has 13 aromatic rings. The number of aromatic nitrogens is 1. The van der Waals surface area contributed by atoms with Crippen LogP contribution in [-0.2, 0) is 0 Å². The smallest absolute Gasteiger partial charge is 0.143 e. The molecule has 13 rings (SSSR count). The molecule has 3 aromatic heterocycles. The Bertz CT molecular complexity index is 3830. The third-order valence-corrected chi connectivity index (χ3v) is 12.6. The Morgan fingerprint density at radius 1 is 0.339 bits per heavy atom. The number of rotatable bonds is 6. The van der Waals surface area contributed by atoms with E-state index < -0.39 is 0 Å². The molecule has 0 amide bonds. The summed E-state index contributed by atoms with van der Waals surface area (Å²) in [4.78, 5) is 2.38. The van der Waals surface area contributed by atoms with Crippen molar-refractivity contribution in [2.75, 3.05) is 4.90 Å². The summed E-state index contributed by atoms with van der Waals surface area (Å²) in [6.07, 6.45) is 0. The quantitative estimate of drug-likeness (QED) is 0.168. The maximum absolute atomic E-state index is 6.83. The van der Waals surface area contributed by atoms with Crippen LogP contribution in [0.1, 0.15) is 0 Å². The Morgan fingerprint density at radius 3 is 1.77 bits per heavy atom. The topological polar surface area (TPSA) is 34.5 Å². The molecular formula is C58H36N2O2. The van der Waals surface area contributed by atoms with Crippen LogP contribution in [0, 0.1) is 0 Å². The lowest BCUT2D eigenvalue weighted by molar-refractivity contribution is 0.669. The first-order valence-corrected chi connectivity index (χ1v) is 21.1. The molecule has 290 valence electrons. The van der Waals surface area contributed by atoms with Gasteiger partial charge in [0, 0.05) is 60.5 Å². The van der Waals surface area contributed by atoms with Gasteiger partial charge in [-0.15, -0.1) is 0 Å². The minimum Gasteiger partial charge on any atom is -0.456 e. The average Bonchev–Trinajstić information content (AvgIpc) is 4.00. The molecule has 0 N–H and O–H groups in total. The van der Waals surface area contributed by atoms with E-state index in [9.17, 15) is 0 Å². The standard InChI is InChI=1S/C58H36N2O2/c1-2-14-39-34-57-51(33-38(39)13-1)50-22-12-21-49(58(50)62-57)46-19-5-7-23-52(46)59(41-30-27-37(28-31-41)40-29-32-48-47-20-6-10-26-55(47)61-56(48)35-40)42-15-11-16-43(36-42)60-53-24-8-3-17-44(53)45-18-4-9-25-54(45)60/h1-36H. The molecule has 0 unspecified atom stereocenters.